The third-order valence-corrected chi connectivity index (χ3v) is 6.89. The maximum atomic E-state index is 13.9. The van der Waals surface area contributed by atoms with Gasteiger partial charge in [0.05, 0.1) is 5.69 Å². The quantitative estimate of drug-likeness (QED) is 0.434. The van der Waals surface area contributed by atoms with Gasteiger partial charge in [0.2, 0.25) is 0 Å². The average Bonchev–Trinajstić information content (AvgIpc) is 3.38. The van der Waals surface area contributed by atoms with Gasteiger partial charge in [-0.3, -0.25) is 4.90 Å². The zero-order chi connectivity index (χ0) is 20.2. The summed E-state index contributed by atoms with van der Waals surface area (Å²) in [6.45, 7) is 1.03. The molecule has 0 aliphatic carbocycles. The fraction of sp³-hybridized carbons (Fsp3) is 0.375. The summed E-state index contributed by atoms with van der Waals surface area (Å²) in [7, 11) is 0. The van der Waals surface area contributed by atoms with Crippen molar-refractivity contribution in [1.82, 2.24) is 15.0 Å². The lowest BCUT2D eigenvalue weighted by molar-refractivity contribution is 0.174. The smallest absolute Gasteiger partial charge is 0.170 e. The van der Waals surface area contributed by atoms with Crippen molar-refractivity contribution in [3.05, 3.63) is 65.0 Å². The van der Waals surface area contributed by atoms with Gasteiger partial charge >= 0.3 is 0 Å². The molecule has 6 heteroatoms. The standard InChI is InChI=1S/C24H23F2N3O/c25-14-5-8-19-18(11-14)24-21(27-19)13-16-6-9-22(24)29(16)10-2-1-3-20-17-7-4-15(26)12-23(17)30-28-20/h4-5,7-8,11-12,16,22,27H,1-3,6,9-10,13H2/t16-,22+/m0/s1. The van der Waals surface area contributed by atoms with Crippen LogP contribution in [-0.2, 0) is 12.8 Å². The monoisotopic (exact) mass is 407 g/mol. The first-order valence-corrected chi connectivity index (χ1v) is 10.8. The van der Waals surface area contributed by atoms with Gasteiger partial charge in [0.1, 0.15) is 11.6 Å². The fourth-order valence-corrected chi connectivity index (χ4v) is 5.55. The lowest BCUT2D eigenvalue weighted by Crippen LogP contribution is -2.38. The van der Waals surface area contributed by atoms with Gasteiger partial charge in [-0.25, -0.2) is 8.78 Å². The summed E-state index contributed by atoms with van der Waals surface area (Å²) >= 11 is 0. The summed E-state index contributed by atoms with van der Waals surface area (Å²) in [5.41, 5.74) is 5.06. The van der Waals surface area contributed by atoms with Crippen molar-refractivity contribution in [1.29, 1.82) is 0 Å². The molecule has 0 radical (unpaired) electrons. The van der Waals surface area contributed by atoms with Crippen LogP contribution in [0.15, 0.2) is 40.9 Å². The summed E-state index contributed by atoms with van der Waals surface area (Å²) in [5, 5.41) is 6.08. The molecule has 2 aromatic heterocycles. The maximum absolute atomic E-state index is 13.9. The number of aromatic amines is 1. The number of nitrogens with one attached hydrogen (secondary N) is 1. The Morgan fingerprint density at radius 2 is 1.90 bits per heavy atom. The van der Waals surface area contributed by atoms with E-state index in [0.717, 1.165) is 60.6 Å². The van der Waals surface area contributed by atoms with E-state index >= 15 is 0 Å². The van der Waals surface area contributed by atoms with Crippen LogP contribution in [0.25, 0.3) is 21.9 Å². The molecule has 4 nitrogen and oxygen atoms in total. The van der Waals surface area contributed by atoms with Crippen LogP contribution in [-0.4, -0.2) is 27.6 Å². The lowest BCUT2D eigenvalue weighted by atomic mass is 9.96. The predicted octanol–water partition coefficient (Wildman–Crippen LogP) is 5.67. The Labute approximate surface area is 172 Å². The van der Waals surface area contributed by atoms with Gasteiger partial charge < -0.3 is 9.51 Å². The molecule has 1 saturated heterocycles. The number of hydrogen-bond acceptors (Lipinski definition) is 3. The van der Waals surface area contributed by atoms with E-state index in [9.17, 15) is 8.78 Å². The minimum Gasteiger partial charge on any atom is -0.358 e. The second-order valence-electron chi connectivity index (χ2n) is 8.62. The van der Waals surface area contributed by atoms with Crippen LogP contribution >= 0.6 is 0 Å². The first kappa shape index (κ1) is 18.1. The molecule has 0 spiro atoms. The number of aromatic nitrogens is 2. The van der Waals surface area contributed by atoms with E-state index in [4.69, 9.17) is 4.52 Å². The van der Waals surface area contributed by atoms with Crippen molar-refractivity contribution in [2.45, 2.75) is 50.6 Å². The fourth-order valence-electron chi connectivity index (χ4n) is 5.55. The van der Waals surface area contributed by atoms with E-state index in [-0.39, 0.29) is 11.6 Å². The predicted molar refractivity (Wildman–Crippen MR) is 111 cm³/mol. The molecule has 2 aliphatic rings. The van der Waals surface area contributed by atoms with Gasteiger partial charge in [0, 0.05) is 46.6 Å². The highest BCUT2D eigenvalue weighted by Gasteiger charge is 2.41. The molecule has 0 unspecified atom stereocenters. The van der Waals surface area contributed by atoms with Crippen molar-refractivity contribution >= 4 is 21.9 Å². The van der Waals surface area contributed by atoms with Gasteiger partial charge in [-0.15, -0.1) is 0 Å². The zero-order valence-electron chi connectivity index (χ0n) is 16.6. The van der Waals surface area contributed by atoms with Gasteiger partial charge in [0.25, 0.3) is 0 Å². The largest absolute Gasteiger partial charge is 0.358 e. The molecule has 154 valence electrons. The molecule has 2 bridgehead atoms. The first-order chi connectivity index (χ1) is 14.7. The molecule has 1 fully saturated rings. The average molecular weight is 407 g/mol. The van der Waals surface area contributed by atoms with Gasteiger partial charge in [-0.2, -0.15) is 0 Å². The molecular formula is C24H23F2N3O. The number of nitrogens with zero attached hydrogens (tertiary/aromatic N) is 2. The van der Waals surface area contributed by atoms with E-state index in [1.165, 1.54) is 35.9 Å². The Balaban J connectivity index is 1.16. The summed E-state index contributed by atoms with van der Waals surface area (Å²) < 4.78 is 32.5. The Morgan fingerprint density at radius 1 is 1.03 bits per heavy atom. The van der Waals surface area contributed by atoms with Crippen LogP contribution in [0.5, 0.6) is 0 Å². The molecule has 4 heterocycles. The minimum absolute atomic E-state index is 0.171. The minimum atomic E-state index is -0.303. The summed E-state index contributed by atoms with van der Waals surface area (Å²) in [6.07, 6.45) is 6.25. The molecule has 6 rings (SSSR count). The summed E-state index contributed by atoms with van der Waals surface area (Å²) in [5.74, 6) is -0.474. The van der Waals surface area contributed by atoms with Crippen LogP contribution in [0, 0.1) is 11.6 Å². The highest BCUT2D eigenvalue weighted by molar-refractivity contribution is 5.85. The zero-order valence-corrected chi connectivity index (χ0v) is 16.6. The van der Waals surface area contributed by atoms with E-state index < -0.39 is 0 Å². The van der Waals surface area contributed by atoms with Crippen LogP contribution in [0.2, 0.25) is 0 Å². The number of aryl methyl sites for hydroxylation is 1. The number of hydrogen-bond donors (Lipinski definition) is 1. The van der Waals surface area contributed by atoms with Crippen LogP contribution in [0.1, 0.15) is 48.7 Å². The molecular weight excluding hydrogens is 384 g/mol. The van der Waals surface area contributed by atoms with E-state index in [1.54, 1.807) is 12.1 Å². The lowest BCUT2D eigenvalue weighted by Gasteiger charge is -2.35. The van der Waals surface area contributed by atoms with E-state index in [2.05, 4.69) is 15.0 Å². The van der Waals surface area contributed by atoms with Crippen molar-refractivity contribution in [3.8, 4) is 0 Å². The topological polar surface area (TPSA) is 45.1 Å². The Morgan fingerprint density at radius 3 is 2.83 bits per heavy atom. The number of fused-ring (bicyclic) bond motifs is 7. The Hall–Kier alpha value is -2.73. The molecule has 4 aromatic rings. The van der Waals surface area contributed by atoms with Gasteiger partial charge in [-0.05, 0) is 74.5 Å². The number of H-pyrrole nitrogens is 1. The highest BCUT2D eigenvalue weighted by Crippen LogP contribution is 2.46. The number of unbranched alkanes of at least 4 members (excludes halogenated alkanes) is 1. The van der Waals surface area contributed by atoms with Crippen molar-refractivity contribution in [2.24, 2.45) is 0 Å². The van der Waals surface area contributed by atoms with Crippen molar-refractivity contribution in [3.63, 3.8) is 0 Å². The van der Waals surface area contributed by atoms with E-state index in [1.807, 2.05) is 6.07 Å². The van der Waals surface area contributed by atoms with Gasteiger partial charge in [-0.1, -0.05) is 5.16 Å². The highest BCUT2D eigenvalue weighted by atomic mass is 19.1. The molecule has 30 heavy (non-hydrogen) atoms. The second kappa shape index (κ2) is 6.91. The Bertz CT molecular complexity index is 1240. The normalized spacial score (nSPS) is 21.0. The first-order valence-electron chi connectivity index (χ1n) is 10.8. The third kappa shape index (κ3) is 2.85. The summed E-state index contributed by atoms with van der Waals surface area (Å²) in [4.78, 5) is 6.15. The molecule has 0 amide bonds. The maximum Gasteiger partial charge on any atom is 0.170 e. The number of halogens is 2. The summed E-state index contributed by atoms with van der Waals surface area (Å²) in [6, 6.07) is 10.6. The second-order valence-corrected chi connectivity index (χ2v) is 8.62. The molecule has 2 aliphatic heterocycles. The van der Waals surface area contributed by atoms with E-state index in [0.29, 0.717) is 17.7 Å². The van der Waals surface area contributed by atoms with Crippen LogP contribution in [0.3, 0.4) is 0 Å². The van der Waals surface area contributed by atoms with Crippen LogP contribution in [0.4, 0.5) is 8.78 Å². The third-order valence-electron chi connectivity index (χ3n) is 6.89. The van der Waals surface area contributed by atoms with Crippen molar-refractivity contribution in [2.75, 3.05) is 6.54 Å². The van der Waals surface area contributed by atoms with Crippen LogP contribution < -0.4 is 0 Å². The Kier molecular flexibility index (Phi) is 4.16. The van der Waals surface area contributed by atoms with Crippen molar-refractivity contribution < 1.29 is 13.3 Å². The van der Waals surface area contributed by atoms with Gasteiger partial charge in [0.15, 0.2) is 5.58 Å². The molecule has 2 aromatic carbocycles. The number of rotatable bonds is 5. The molecule has 0 saturated carbocycles. The number of benzene rings is 2. The molecule has 2 atom stereocenters. The SMILES string of the molecule is Fc1ccc2c(CCCCN3[C@H]4CC[C@@H]3c3c([nH]c5ccc(F)cc35)C4)noc2c1. The molecule has 1 N–H and O–H groups in total.